The number of nitrogens with two attached hydrogens (primary N) is 1. The van der Waals surface area contributed by atoms with Crippen molar-refractivity contribution in [2.45, 2.75) is 44.9 Å². The highest BCUT2D eigenvalue weighted by Crippen LogP contribution is 2.52. The minimum absolute atomic E-state index is 0.0421. The van der Waals surface area contributed by atoms with Crippen LogP contribution in [0.4, 0.5) is 0 Å². The van der Waals surface area contributed by atoms with Crippen LogP contribution in [0.3, 0.4) is 0 Å². The van der Waals surface area contributed by atoms with Gasteiger partial charge in [0, 0.05) is 18.0 Å². The van der Waals surface area contributed by atoms with E-state index in [2.05, 4.69) is 4.90 Å². The summed E-state index contributed by atoms with van der Waals surface area (Å²) >= 11 is 0. The lowest BCUT2D eigenvalue weighted by Crippen LogP contribution is -2.63. The number of allylic oxidation sites excluding steroid dienone is 1. The van der Waals surface area contributed by atoms with Gasteiger partial charge >= 0.3 is 0 Å². The van der Waals surface area contributed by atoms with E-state index in [1.807, 2.05) is 13.8 Å². The summed E-state index contributed by atoms with van der Waals surface area (Å²) in [5, 5.41) is 44.4. The highest BCUT2D eigenvalue weighted by atomic mass is 16.3. The second-order valence-corrected chi connectivity index (χ2v) is 10.0. The number of amides is 1. The van der Waals surface area contributed by atoms with Crippen LogP contribution in [-0.2, 0) is 22.6 Å². The molecule has 3 aliphatic carbocycles. The number of aliphatic hydroxyl groups excluding tert-OH is 2. The van der Waals surface area contributed by atoms with E-state index in [4.69, 9.17) is 5.73 Å². The van der Waals surface area contributed by atoms with E-state index in [0.29, 0.717) is 18.5 Å². The molecule has 0 saturated heterocycles. The molecule has 4 rings (SSSR count). The molecule has 36 heavy (non-hydrogen) atoms. The summed E-state index contributed by atoms with van der Waals surface area (Å²) in [5.41, 5.74) is 3.35. The topological polar surface area (TPSA) is 165 Å². The van der Waals surface area contributed by atoms with Crippen LogP contribution in [0.5, 0.6) is 5.75 Å². The fraction of sp³-hybridized carbons (Fsp3) is 0.500. The SMILES string of the molecule is CCN(CC)Cc1ccc(O)c2c1C[C@H]1C[C@H]3[C@@H](N(C)C)C(O)=C(C(N)=O)C(=O)[C@@]3(O)C(O)=C1C2=O. The molecule has 10 nitrogen and oxygen atoms in total. The van der Waals surface area contributed by atoms with Crippen LogP contribution in [0.2, 0.25) is 0 Å². The van der Waals surface area contributed by atoms with Gasteiger partial charge in [0.15, 0.2) is 11.4 Å². The van der Waals surface area contributed by atoms with Gasteiger partial charge in [0.25, 0.3) is 5.91 Å². The molecule has 1 aromatic rings. The number of nitrogens with zero attached hydrogens (tertiary/aromatic N) is 2. The molecule has 0 spiro atoms. The number of fused-ring (bicyclic) bond motifs is 3. The fourth-order valence-electron chi connectivity index (χ4n) is 6.15. The van der Waals surface area contributed by atoms with Gasteiger partial charge in [-0.15, -0.1) is 0 Å². The van der Waals surface area contributed by atoms with Crippen molar-refractivity contribution in [3.8, 4) is 5.75 Å². The number of ketones is 2. The molecule has 0 aromatic heterocycles. The summed E-state index contributed by atoms with van der Waals surface area (Å²) in [7, 11) is 3.21. The molecule has 0 bridgehead atoms. The van der Waals surface area contributed by atoms with E-state index in [-0.39, 0.29) is 23.3 Å². The van der Waals surface area contributed by atoms with Crippen LogP contribution < -0.4 is 5.73 Å². The third-order valence-electron chi connectivity index (χ3n) is 7.99. The first kappa shape index (κ1) is 25.9. The van der Waals surface area contributed by atoms with Crippen LogP contribution >= 0.6 is 0 Å². The number of Topliss-reactive ketones (excluding diaryl/α,β-unsaturated/α-hetero) is 2. The van der Waals surface area contributed by atoms with Gasteiger partial charge in [0.05, 0.1) is 11.6 Å². The minimum atomic E-state index is -2.63. The zero-order chi connectivity index (χ0) is 26.7. The standard InChI is InChI=1S/C26H33N3O7/c1-5-29(6-2)11-12-7-8-16(30)18-14(12)9-13-10-15-20(28(3)4)22(32)19(25(27)35)24(34)26(15,36)23(33)17(13)21(18)31/h7-8,13,15,20,30,32-33,36H,5-6,9-11H2,1-4H3,(H2,27,35)/t13-,15-,20+,26-/m0/s1. The molecular formula is C26H33N3O7. The average molecular weight is 500 g/mol. The molecule has 1 amide bonds. The quantitative estimate of drug-likeness (QED) is 0.359. The molecule has 0 saturated carbocycles. The Bertz CT molecular complexity index is 1210. The predicted molar refractivity (Wildman–Crippen MR) is 130 cm³/mol. The van der Waals surface area contributed by atoms with Crippen molar-refractivity contribution in [1.82, 2.24) is 9.80 Å². The van der Waals surface area contributed by atoms with Gasteiger partial charge < -0.3 is 26.2 Å². The largest absolute Gasteiger partial charge is 0.510 e. The summed E-state index contributed by atoms with van der Waals surface area (Å²) in [4.78, 5) is 42.8. The predicted octanol–water partition coefficient (Wildman–Crippen LogP) is 0.962. The van der Waals surface area contributed by atoms with E-state index in [1.54, 1.807) is 20.2 Å². The maximum Gasteiger partial charge on any atom is 0.255 e. The third-order valence-corrected chi connectivity index (χ3v) is 7.99. The maximum absolute atomic E-state index is 13.7. The Kier molecular flexibility index (Phi) is 6.48. The summed E-state index contributed by atoms with van der Waals surface area (Å²) in [6, 6.07) is 2.22. The van der Waals surface area contributed by atoms with E-state index in [1.165, 1.54) is 11.0 Å². The number of aromatic hydroxyl groups is 1. The molecular weight excluding hydrogens is 466 g/mol. The Morgan fingerprint density at radius 2 is 1.78 bits per heavy atom. The summed E-state index contributed by atoms with van der Waals surface area (Å²) in [5.74, 6) is -6.43. The van der Waals surface area contributed by atoms with Gasteiger partial charge in [-0.25, -0.2) is 0 Å². The highest BCUT2D eigenvalue weighted by molar-refractivity contribution is 6.24. The number of likely N-dealkylation sites (N-methyl/N-ethyl adjacent to an activating group) is 1. The van der Waals surface area contributed by atoms with Gasteiger partial charge in [-0.05, 0) is 63.1 Å². The third kappa shape index (κ3) is 3.55. The number of hydrogen-bond donors (Lipinski definition) is 5. The zero-order valence-corrected chi connectivity index (χ0v) is 20.9. The number of carbonyl (C=O) groups is 3. The highest BCUT2D eigenvalue weighted by Gasteiger charge is 2.63. The first-order chi connectivity index (χ1) is 16.9. The first-order valence-corrected chi connectivity index (χ1v) is 12.1. The Balaban J connectivity index is 1.91. The molecule has 0 unspecified atom stereocenters. The van der Waals surface area contributed by atoms with Crippen LogP contribution in [-0.4, -0.2) is 86.5 Å². The molecule has 0 heterocycles. The van der Waals surface area contributed by atoms with Crippen molar-refractivity contribution in [3.05, 3.63) is 51.5 Å². The number of phenols is 1. The lowest BCUT2D eigenvalue weighted by molar-refractivity contribution is -0.148. The number of hydrogen-bond acceptors (Lipinski definition) is 9. The lowest BCUT2D eigenvalue weighted by Gasteiger charge is -2.50. The number of phenolic OH excluding ortho intramolecular Hbond substituents is 1. The Labute approximate surface area is 209 Å². The van der Waals surface area contributed by atoms with Gasteiger partial charge in [-0.1, -0.05) is 19.9 Å². The number of primary amides is 1. The zero-order valence-electron chi connectivity index (χ0n) is 20.9. The summed E-state index contributed by atoms with van der Waals surface area (Å²) < 4.78 is 0. The number of carbonyl (C=O) groups excluding carboxylic acids is 3. The molecule has 0 fully saturated rings. The fourth-order valence-corrected chi connectivity index (χ4v) is 6.15. The van der Waals surface area contributed by atoms with E-state index >= 15 is 0 Å². The molecule has 10 heteroatoms. The van der Waals surface area contributed by atoms with Crippen molar-refractivity contribution >= 4 is 17.5 Å². The monoisotopic (exact) mass is 499 g/mol. The van der Waals surface area contributed by atoms with Gasteiger partial charge in [-0.3, -0.25) is 24.2 Å². The average Bonchev–Trinajstić information content (AvgIpc) is 2.80. The van der Waals surface area contributed by atoms with E-state index in [0.717, 1.165) is 18.7 Å². The Hall–Kier alpha value is -3.21. The van der Waals surface area contributed by atoms with Crippen molar-refractivity contribution in [1.29, 1.82) is 0 Å². The van der Waals surface area contributed by atoms with Crippen molar-refractivity contribution in [2.75, 3.05) is 27.2 Å². The molecule has 6 N–H and O–H groups in total. The molecule has 194 valence electrons. The first-order valence-electron chi connectivity index (χ1n) is 12.1. The molecule has 4 atom stereocenters. The number of aliphatic hydroxyl groups is 3. The van der Waals surface area contributed by atoms with E-state index in [9.17, 15) is 34.8 Å². The normalized spacial score (nSPS) is 27.9. The second kappa shape index (κ2) is 9.02. The van der Waals surface area contributed by atoms with Crippen LogP contribution in [0, 0.1) is 11.8 Å². The van der Waals surface area contributed by atoms with Crippen molar-refractivity contribution in [2.24, 2.45) is 17.6 Å². The second-order valence-electron chi connectivity index (χ2n) is 10.0. The maximum atomic E-state index is 13.7. The molecule has 0 radical (unpaired) electrons. The van der Waals surface area contributed by atoms with Gasteiger partial charge in [-0.2, -0.15) is 0 Å². The minimum Gasteiger partial charge on any atom is -0.510 e. The van der Waals surface area contributed by atoms with Crippen molar-refractivity contribution in [3.63, 3.8) is 0 Å². The van der Waals surface area contributed by atoms with Crippen molar-refractivity contribution < 1.29 is 34.8 Å². The van der Waals surface area contributed by atoms with Crippen LogP contribution in [0.15, 0.2) is 34.8 Å². The Morgan fingerprint density at radius 3 is 2.33 bits per heavy atom. The number of rotatable bonds is 6. The molecule has 3 aliphatic rings. The Morgan fingerprint density at radius 1 is 1.14 bits per heavy atom. The van der Waals surface area contributed by atoms with E-state index < -0.39 is 58.0 Å². The smallest absolute Gasteiger partial charge is 0.255 e. The molecule has 0 aliphatic heterocycles. The lowest BCUT2D eigenvalue weighted by atomic mass is 9.58. The van der Waals surface area contributed by atoms with Gasteiger partial charge in [0.1, 0.15) is 22.8 Å². The molecule has 1 aromatic carbocycles. The van der Waals surface area contributed by atoms with Crippen LogP contribution in [0.25, 0.3) is 0 Å². The van der Waals surface area contributed by atoms with Gasteiger partial charge in [0.2, 0.25) is 5.78 Å². The summed E-state index contributed by atoms with van der Waals surface area (Å²) in [6.45, 7) is 6.22. The summed E-state index contributed by atoms with van der Waals surface area (Å²) in [6.07, 6.45) is 0.367. The van der Waals surface area contributed by atoms with Crippen LogP contribution in [0.1, 0.15) is 41.8 Å². The number of benzene rings is 1.